The zero-order chi connectivity index (χ0) is 14.5. The number of hydrogen-bond acceptors (Lipinski definition) is 6. The third-order valence-corrected chi connectivity index (χ3v) is 3.73. The first-order valence-electron chi connectivity index (χ1n) is 6.42. The highest BCUT2D eigenvalue weighted by Gasteiger charge is 2.10. The molecule has 5 nitrogen and oxygen atoms in total. The largest absolute Gasteiger partial charge is 0.493 e. The van der Waals surface area contributed by atoms with Crippen LogP contribution in [0.25, 0.3) is 10.6 Å². The van der Waals surface area contributed by atoms with Crippen LogP contribution in [0, 0.1) is 0 Å². The van der Waals surface area contributed by atoms with Crippen LogP contribution < -0.4 is 14.8 Å². The van der Waals surface area contributed by atoms with E-state index in [2.05, 4.69) is 29.4 Å². The van der Waals surface area contributed by atoms with Crippen molar-refractivity contribution in [2.75, 3.05) is 14.2 Å². The van der Waals surface area contributed by atoms with Crippen LogP contribution in [0.15, 0.2) is 18.2 Å². The van der Waals surface area contributed by atoms with Gasteiger partial charge in [-0.25, -0.2) is 0 Å². The molecule has 0 spiro atoms. The van der Waals surface area contributed by atoms with E-state index < -0.39 is 0 Å². The van der Waals surface area contributed by atoms with E-state index >= 15 is 0 Å². The van der Waals surface area contributed by atoms with Crippen molar-refractivity contribution >= 4 is 11.3 Å². The van der Waals surface area contributed by atoms with Crippen LogP contribution in [-0.2, 0) is 6.54 Å². The van der Waals surface area contributed by atoms with Crippen molar-refractivity contribution in [3.63, 3.8) is 0 Å². The Morgan fingerprint density at radius 1 is 1.15 bits per heavy atom. The normalized spacial score (nSPS) is 10.8. The molecule has 2 aromatic rings. The number of hydrogen-bond donors (Lipinski definition) is 1. The van der Waals surface area contributed by atoms with Crippen LogP contribution in [0.2, 0.25) is 0 Å². The summed E-state index contributed by atoms with van der Waals surface area (Å²) in [6.07, 6.45) is 0. The third-order valence-electron chi connectivity index (χ3n) is 2.76. The summed E-state index contributed by atoms with van der Waals surface area (Å²) in [5.74, 6) is 1.41. The summed E-state index contributed by atoms with van der Waals surface area (Å²) in [4.78, 5) is 0. The Kier molecular flexibility index (Phi) is 4.92. The molecule has 2 rings (SSSR count). The fourth-order valence-corrected chi connectivity index (χ4v) is 2.49. The highest BCUT2D eigenvalue weighted by atomic mass is 32.1. The Balaban J connectivity index is 2.19. The van der Waals surface area contributed by atoms with Crippen molar-refractivity contribution < 1.29 is 9.47 Å². The predicted octanol–water partition coefficient (Wildman–Crippen LogP) is 2.72. The van der Waals surface area contributed by atoms with Crippen LogP contribution in [0.4, 0.5) is 0 Å². The predicted molar refractivity (Wildman–Crippen MR) is 80.4 cm³/mol. The van der Waals surface area contributed by atoms with Gasteiger partial charge in [0, 0.05) is 18.2 Å². The molecular formula is C14H19N3O2S. The van der Waals surface area contributed by atoms with Gasteiger partial charge in [-0.1, -0.05) is 25.2 Å². The molecule has 0 bridgehead atoms. The van der Waals surface area contributed by atoms with Crippen molar-refractivity contribution in [1.29, 1.82) is 0 Å². The lowest BCUT2D eigenvalue weighted by Crippen LogP contribution is -2.21. The fraction of sp³-hybridized carbons (Fsp3) is 0.429. The number of methoxy groups -OCH3 is 2. The highest BCUT2D eigenvalue weighted by molar-refractivity contribution is 7.14. The quantitative estimate of drug-likeness (QED) is 0.887. The highest BCUT2D eigenvalue weighted by Crippen LogP contribution is 2.33. The van der Waals surface area contributed by atoms with Crippen molar-refractivity contribution in [2.45, 2.75) is 26.4 Å². The minimum atomic E-state index is 0.434. The number of nitrogens with one attached hydrogen (secondary N) is 1. The zero-order valence-electron chi connectivity index (χ0n) is 12.1. The van der Waals surface area contributed by atoms with Gasteiger partial charge in [0.15, 0.2) is 11.5 Å². The van der Waals surface area contributed by atoms with Crippen LogP contribution in [0.1, 0.15) is 18.9 Å². The number of ether oxygens (including phenoxy) is 2. The van der Waals surface area contributed by atoms with Crippen LogP contribution in [0.5, 0.6) is 11.5 Å². The zero-order valence-corrected chi connectivity index (χ0v) is 13.0. The van der Waals surface area contributed by atoms with Crippen molar-refractivity contribution in [1.82, 2.24) is 15.5 Å². The fourth-order valence-electron chi connectivity index (χ4n) is 1.70. The smallest absolute Gasteiger partial charge is 0.161 e. The molecule has 0 aliphatic carbocycles. The Labute approximate surface area is 123 Å². The van der Waals surface area contributed by atoms with E-state index in [0.29, 0.717) is 17.5 Å². The molecule has 0 radical (unpaired) electrons. The molecule has 0 aliphatic rings. The molecule has 6 heteroatoms. The van der Waals surface area contributed by atoms with E-state index in [0.717, 1.165) is 22.1 Å². The van der Waals surface area contributed by atoms with Crippen molar-refractivity contribution in [3.05, 3.63) is 23.2 Å². The lowest BCUT2D eigenvalue weighted by atomic mass is 10.2. The molecule has 108 valence electrons. The minimum absolute atomic E-state index is 0.434. The molecule has 0 amide bonds. The molecule has 20 heavy (non-hydrogen) atoms. The third kappa shape index (κ3) is 3.46. The molecular weight excluding hydrogens is 274 g/mol. The van der Waals surface area contributed by atoms with Crippen LogP contribution >= 0.6 is 11.3 Å². The Morgan fingerprint density at radius 3 is 2.55 bits per heavy atom. The van der Waals surface area contributed by atoms with E-state index in [4.69, 9.17) is 9.47 Å². The second kappa shape index (κ2) is 6.67. The Hall–Kier alpha value is -1.66. The lowest BCUT2D eigenvalue weighted by molar-refractivity contribution is 0.355. The molecule has 0 aliphatic heterocycles. The van der Waals surface area contributed by atoms with Gasteiger partial charge in [0.05, 0.1) is 14.2 Å². The molecule has 1 aromatic heterocycles. The van der Waals surface area contributed by atoms with E-state index in [1.165, 1.54) is 0 Å². The first-order chi connectivity index (χ1) is 9.63. The van der Waals surface area contributed by atoms with Crippen molar-refractivity contribution in [3.8, 4) is 22.1 Å². The second-order valence-electron chi connectivity index (χ2n) is 4.61. The minimum Gasteiger partial charge on any atom is -0.493 e. The van der Waals surface area contributed by atoms with Gasteiger partial charge >= 0.3 is 0 Å². The number of nitrogens with zero attached hydrogens (tertiary/aromatic N) is 2. The molecule has 0 fully saturated rings. The van der Waals surface area contributed by atoms with E-state index in [1.807, 2.05) is 18.2 Å². The molecule has 0 atom stereocenters. The van der Waals surface area contributed by atoms with E-state index in [1.54, 1.807) is 25.6 Å². The van der Waals surface area contributed by atoms with Gasteiger partial charge in [0.1, 0.15) is 10.0 Å². The lowest BCUT2D eigenvalue weighted by Gasteiger charge is -2.07. The van der Waals surface area contributed by atoms with Crippen LogP contribution in [-0.4, -0.2) is 30.5 Å². The SMILES string of the molecule is COc1ccc(-c2nnc(CNC(C)C)s2)cc1OC. The number of benzene rings is 1. The summed E-state index contributed by atoms with van der Waals surface area (Å²) in [6.45, 7) is 4.95. The van der Waals surface area contributed by atoms with Gasteiger partial charge in [-0.05, 0) is 18.2 Å². The van der Waals surface area contributed by atoms with Gasteiger partial charge in [-0.3, -0.25) is 0 Å². The summed E-state index contributed by atoms with van der Waals surface area (Å²) in [5.41, 5.74) is 0.982. The van der Waals surface area contributed by atoms with Gasteiger partial charge in [-0.15, -0.1) is 10.2 Å². The topological polar surface area (TPSA) is 56.3 Å². The standard InChI is InChI=1S/C14H19N3O2S/c1-9(2)15-8-13-16-17-14(20-13)10-5-6-11(18-3)12(7-10)19-4/h5-7,9,15H,8H2,1-4H3. The number of aromatic nitrogens is 2. The first-order valence-corrected chi connectivity index (χ1v) is 7.24. The van der Waals surface area contributed by atoms with E-state index in [-0.39, 0.29) is 0 Å². The van der Waals surface area contributed by atoms with Gasteiger partial charge in [-0.2, -0.15) is 0 Å². The molecule has 1 heterocycles. The van der Waals surface area contributed by atoms with E-state index in [9.17, 15) is 0 Å². The molecule has 0 saturated heterocycles. The van der Waals surface area contributed by atoms with Crippen LogP contribution in [0.3, 0.4) is 0 Å². The second-order valence-corrected chi connectivity index (χ2v) is 5.67. The van der Waals surface area contributed by atoms with Gasteiger partial charge in [0.2, 0.25) is 0 Å². The average molecular weight is 293 g/mol. The maximum atomic E-state index is 5.30. The molecule has 1 N–H and O–H groups in total. The summed E-state index contributed by atoms with van der Waals surface area (Å²) in [6, 6.07) is 6.19. The maximum absolute atomic E-state index is 5.30. The Morgan fingerprint density at radius 2 is 1.90 bits per heavy atom. The van der Waals surface area contributed by atoms with Gasteiger partial charge < -0.3 is 14.8 Å². The molecule has 0 unspecified atom stereocenters. The maximum Gasteiger partial charge on any atom is 0.161 e. The number of rotatable bonds is 6. The van der Waals surface area contributed by atoms with Crippen molar-refractivity contribution in [2.24, 2.45) is 0 Å². The Bertz CT molecular complexity index is 569. The summed E-state index contributed by atoms with van der Waals surface area (Å²) in [7, 11) is 3.25. The molecule has 1 aromatic carbocycles. The summed E-state index contributed by atoms with van der Waals surface area (Å²) < 4.78 is 10.5. The average Bonchev–Trinajstić information content (AvgIpc) is 2.93. The summed E-state index contributed by atoms with van der Waals surface area (Å²) >= 11 is 1.58. The first kappa shape index (κ1) is 14.7. The summed E-state index contributed by atoms with van der Waals surface area (Å²) in [5, 5.41) is 13.6. The monoisotopic (exact) mass is 293 g/mol. The molecule has 0 saturated carbocycles. The van der Waals surface area contributed by atoms with Gasteiger partial charge in [0.25, 0.3) is 0 Å².